The number of alkyl halides is 1. The quantitative estimate of drug-likeness (QED) is 0.762. The number of pyridine rings is 1. The second-order valence-electron chi connectivity index (χ2n) is 5.83. The van der Waals surface area contributed by atoms with E-state index >= 15 is 0 Å². The van der Waals surface area contributed by atoms with E-state index in [1.807, 2.05) is 0 Å². The highest BCUT2D eigenvalue weighted by Gasteiger charge is 2.43. The summed E-state index contributed by atoms with van der Waals surface area (Å²) in [5.74, 6) is -0.813. The number of fused-ring (bicyclic) bond motifs is 1. The summed E-state index contributed by atoms with van der Waals surface area (Å²) in [7, 11) is 1.46. The van der Waals surface area contributed by atoms with Crippen LogP contribution in [0, 0.1) is 11.7 Å². The molecule has 0 saturated heterocycles. The molecule has 2 atom stereocenters. The number of nitrogens with zero attached hydrogens (tertiary/aromatic N) is 2. The molecule has 1 aromatic carbocycles. The van der Waals surface area contributed by atoms with Crippen molar-refractivity contribution in [1.29, 1.82) is 0 Å². The zero-order chi connectivity index (χ0) is 17.6. The fourth-order valence-corrected chi connectivity index (χ4v) is 2.73. The Labute approximate surface area is 141 Å². The van der Waals surface area contributed by atoms with Gasteiger partial charge in [0.25, 0.3) is 0 Å². The van der Waals surface area contributed by atoms with E-state index in [2.05, 4.69) is 20.5 Å². The Morgan fingerprint density at radius 1 is 1.36 bits per heavy atom. The van der Waals surface area contributed by atoms with Gasteiger partial charge in [0.1, 0.15) is 23.6 Å². The number of aromatic nitrogens is 3. The van der Waals surface area contributed by atoms with E-state index in [0.29, 0.717) is 22.5 Å². The third-order valence-electron chi connectivity index (χ3n) is 4.16. The van der Waals surface area contributed by atoms with Gasteiger partial charge in [-0.15, -0.1) is 0 Å². The number of carbonyl (C=O) groups excluding carboxylic acids is 1. The van der Waals surface area contributed by atoms with Gasteiger partial charge in [0.05, 0.1) is 24.3 Å². The number of amides is 1. The van der Waals surface area contributed by atoms with Gasteiger partial charge >= 0.3 is 0 Å². The lowest BCUT2D eigenvalue weighted by Crippen LogP contribution is -2.15. The van der Waals surface area contributed by atoms with Crippen LogP contribution in [0.15, 0.2) is 30.3 Å². The molecule has 2 heterocycles. The highest BCUT2D eigenvalue weighted by atomic mass is 19.1. The van der Waals surface area contributed by atoms with Gasteiger partial charge in [0, 0.05) is 5.39 Å². The van der Waals surface area contributed by atoms with Crippen LogP contribution in [-0.2, 0) is 4.79 Å². The molecular weight excluding hydrogens is 330 g/mol. The van der Waals surface area contributed by atoms with E-state index in [1.165, 1.54) is 13.2 Å². The summed E-state index contributed by atoms with van der Waals surface area (Å²) in [4.78, 5) is 16.0. The number of carbonyl (C=O) groups is 1. The number of nitrogens with one attached hydrogen (secondary N) is 2. The first kappa shape index (κ1) is 15.5. The smallest absolute Gasteiger partial charge is 0.231 e. The molecule has 0 unspecified atom stereocenters. The number of hydrogen-bond acceptors (Lipinski definition) is 4. The van der Waals surface area contributed by atoms with Gasteiger partial charge in [0.2, 0.25) is 5.91 Å². The van der Waals surface area contributed by atoms with Crippen LogP contribution in [0.5, 0.6) is 5.75 Å². The molecule has 0 radical (unpaired) electrons. The number of halogens is 2. The zero-order valence-corrected chi connectivity index (χ0v) is 13.2. The van der Waals surface area contributed by atoms with E-state index in [1.54, 1.807) is 24.3 Å². The first-order chi connectivity index (χ1) is 12.1. The summed E-state index contributed by atoms with van der Waals surface area (Å²) in [6, 6.07) is 7.77. The van der Waals surface area contributed by atoms with Crippen molar-refractivity contribution in [2.45, 2.75) is 12.6 Å². The molecule has 2 aromatic heterocycles. The average molecular weight is 344 g/mol. The predicted octanol–water partition coefficient (Wildman–Crippen LogP) is 3.07. The van der Waals surface area contributed by atoms with E-state index < -0.39 is 23.8 Å². The lowest BCUT2D eigenvalue weighted by atomic mass is 10.1. The maximum absolute atomic E-state index is 14.3. The minimum absolute atomic E-state index is 0.244. The number of H-pyrrole nitrogens is 1. The third kappa shape index (κ3) is 2.69. The predicted molar refractivity (Wildman–Crippen MR) is 87.5 cm³/mol. The number of hydrogen-bond donors (Lipinski definition) is 2. The number of aromatic amines is 1. The normalized spacial score (nSPS) is 19.0. The molecular formula is C17H14F2N4O2. The summed E-state index contributed by atoms with van der Waals surface area (Å²) in [5, 5.41) is 9.98. The molecule has 1 aliphatic rings. The van der Waals surface area contributed by atoms with Crippen LogP contribution in [0.1, 0.15) is 6.42 Å². The minimum atomic E-state index is -1.07. The second kappa shape index (κ2) is 5.80. The summed E-state index contributed by atoms with van der Waals surface area (Å²) >= 11 is 0. The van der Waals surface area contributed by atoms with E-state index in [4.69, 9.17) is 4.74 Å². The fourth-order valence-electron chi connectivity index (χ4n) is 2.73. The van der Waals surface area contributed by atoms with Crippen LogP contribution < -0.4 is 10.1 Å². The lowest BCUT2D eigenvalue weighted by Gasteiger charge is -2.08. The van der Waals surface area contributed by atoms with Crippen LogP contribution >= 0.6 is 0 Å². The summed E-state index contributed by atoms with van der Waals surface area (Å²) in [6.45, 7) is 0. The highest BCUT2D eigenvalue weighted by Crippen LogP contribution is 2.36. The maximum Gasteiger partial charge on any atom is 0.231 e. The van der Waals surface area contributed by atoms with Gasteiger partial charge in [-0.05, 0) is 30.7 Å². The Balaban J connectivity index is 1.70. The van der Waals surface area contributed by atoms with Gasteiger partial charge in [-0.1, -0.05) is 6.07 Å². The van der Waals surface area contributed by atoms with Crippen LogP contribution in [-0.4, -0.2) is 34.4 Å². The summed E-state index contributed by atoms with van der Waals surface area (Å²) < 4.78 is 32.4. The first-order valence-corrected chi connectivity index (χ1v) is 7.71. The van der Waals surface area contributed by atoms with E-state index in [9.17, 15) is 13.6 Å². The van der Waals surface area contributed by atoms with Crippen molar-refractivity contribution in [3.8, 4) is 17.0 Å². The Morgan fingerprint density at radius 3 is 2.88 bits per heavy atom. The van der Waals surface area contributed by atoms with E-state index in [0.717, 1.165) is 0 Å². The number of benzene rings is 1. The Morgan fingerprint density at radius 2 is 2.16 bits per heavy atom. The standard InChI is InChI=1S/C17H14F2N4O2/c1-25-12-4-2-3-10(18)14(12)15-8-5-6-13(20-16(8)23-22-15)21-17(24)9-7-11(9)19/h2-6,9,11H,7H2,1H3,(H2,20,21,22,23,24)/t9-,11+/m1/s1. The molecule has 3 aromatic rings. The Bertz CT molecular complexity index is 972. The SMILES string of the molecule is COc1cccc(F)c1-c1[nH]nc2nc(NC(=O)[C@@H]3C[C@@H]3F)ccc12. The zero-order valence-electron chi connectivity index (χ0n) is 13.2. The molecule has 1 aliphatic carbocycles. The van der Waals surface area contributed by atoms with Crippen molar-refractivity contribution in [2.75, 3.05) is 12.4 Å². The van der Waals surface area contributed by atoms with Gasteiger partial charge in [0.15, 0.2) is 5.65 Å². The molecule has 0 bridgehead atoms. The number of rotatable bonds is 4. The average Bonchev–Trinajstić information content (AvgIpc) is 3.20. The van der Waals surface area contributed by atoms with Crippen LogP contribution in [0.4, 0.5) is 14.6 Å². The van der Waals surface area contributed by atoms with Crippen LogP contribution in [0.2, 0.25) is 0 Å². The molecule has 4 rings (SSSR count). The van der Waals surface area contributed by atoms with Crippen LogP contribution in [0.25, 0.3) is 22.3 Å². The van der Waals surface area contributed by atoms with Crippen molar-refractivity contribution in [3.05, 3.63) is 36.1 Å². The first-order valence-electron chi connectivity index (χ1n) is 7.71. The number of methoxy groups -OCH3 is 1. The summed E-state index contributed by atoms with van der Waals surface area (Å²) in [6.07, 6.45) is -0.831. The molecule has 128 valence electrons. The number of anilines is 1. The largest absolute Gasteiger partial charge is 0.496 e. The monoisotopic (exact) mass is 344 g/mol. The highest BCUT2D eigenvalue weighted by molar-refractivity contribution is 5.97. The van der Waals surface area contributed by atoms with Gasteiger partial charge in [-0.2, -0.15) is 5.10 Å². The topological polar surface area (TPSA) is 79.9 Å². The maximum atomic E-state index is 14.3. The Kier molecular flexibility index (Phi) is 3.60. The molecule has 0 spiro atoms. The molecule has 0 aliphatic heterocycles. The van der Waals surface area contributed by atoms with Crippen molar-refractivity contribution in [2.24, 2.45) is 5.92 Å². The number of ether oxygens (including phenoxy) is 1. The van der Waals surface area contributed by atoms with Crippen molar-refractivity contribution in [1.82, 2.24) is 15.2 Å². The van der Waals surface area contributed by atoms with Crippen molar-refractivity contribution < 1.29 is 18.3 Å². The molecule has 1 amide bonds. The van der Waals surface area contributed by atoms with Crippen molar-refractivity contribution >= 4 is 22.8 Å². The molecule has 1 saturated carbocycles. The van der Waals surface area contributed by atoms with E-state index in [-0.39, 0.29) is 17.8 Å². The Hall–Kier alpha value is -3.03. The molecule has 1 fully saturated rings. The van der Waals surface area contributed by atoms with Crippen LogP contribution in [0.3, 0.4) is 0 Å². The van der Waals surface area contributed by atoms with Gasteiger partial charge in [-0.25, -0.2) is 13.8 Å². The fraction of sp³-hybridized carbons (Fsp3) is 0.235. The molecule has 6 nitrogen and oxygen atoms in total. The summed E-state index contributed by atoms with van der Waals surface area (Å²) in [5.41, 5.74) is 0.997. The lowest BCUT2D eigenvalue weighted by molar-refractivity contribution is -0.117. The molecule has 2 N–H and O–H groups in total. The van der Waals surface area contributed by atoms with Gasteiger partial charge < -0.3 is 10.1 Å². The molecule has 8 heteroatoms. The second-order valence-corrected chi connectivity index (χ2v) is 5.83. The third-order valence-corrected chi connectivity index (χ3v) is 4.16. The molecule has 25 heavy (non-hydrogen) atoms. The van der Waals surface area contributed by atoms with Crippen molar-refractivity contribution in [3.63, 3.8) is 0 Å². The minimum Gasteiger partial charge on any atom is -0.496 e. The van der Waals surface area contributed by atoms with Gasteiger partial charge in [-0.3, -0.25) is 9.89 Å².